The zero-order chi connectivity index (χ0) is 26.6. The minimum Gasteiger partial charge on any atom is -0.494 e. The largest absolute Gasteiger partial charge is 0.494 e. The minimum absolute atomic E-state index is 0.118. The Hall–Kier alpha value is -3.13. The summed E-state index contributed by atoms with van der Waals surface area (Å²) in [5, 5.41) is 0. The van der Waals surface area contributed by atoms with Crippen LogP contribution in [-0.2, 0) is 25.5 Å². The van der Waals surface area contributed by atoms with E-state index >= 15 is 0 Å². The molecule has 2 fully saturated rings. The molecule has 0 aliphatic carbocycles. The lowest BCUT2D eigenvalue weighted by atomic mass is 9.92. The van der Waals surface area contributed by atoms with E-state index in [1.54, 1.807) is 30.9 Å². The summed E-state index contributed by atoms with van der Waals surface area (Å²) in [5.41, 5.74) is 1.68. The molecule has 2 saturated heterocycles. The van der Waals surface area contributed by atoms with Crippen molar-refractivity contribution in [2.24, 2.45) is 5.92 Å². The Balaban J connectivity index is 1.44. The normalized spacial score (nSPS) is 22.0. The molecule has 4 rings (SSSR count). The van der Waals surface area contributed by atoms with Gasteiger partial charge in [0.2, 0.25) is 11.7 Å². The molecule has 0 spiro atoms. The molecule has 0 bridgehead atoms. The SMILES string of the molecule is CCOc1ccc(CCC[C@H](C(=O)N2CCN(c3ccccc3F)C[C@H]2C)C2OC(C)(C)OC2=O)cc1. The number of piperazine rings is 1. The summed E-state index contributed by atoms with van der Waals surface area (Å²) in [7, 11) is 0. The van der Waals surface area contributed by atoms with Crippen LogP contribution in [0, 0.1) is 11.7 Å². The number of carbonyl (C=O) groups excluding carboxylic acids is 2. The van der Waals surface area contributed by atoms with E-state index in [4.69, 9.17) is 14.2 Å². The van der Waals surface area contributed by atoms with Crippen LogP contribution in [0.2, 0.25) is 0 Å². The smallest absolute Gasteiger partial charge is 0.338 e. The molecule has 0 saturated carbocycles. The van der Waals surface area contributed by atoms with Crippen molar-refractivity contribution in [2.45, 2.75) is 64.9 Å². The third-order valence-corrected chi connectivity index (χ3v) is 6.99. The van der Waals surface area contributed by atoms with Crippen LogP contribution in [0.25, 0.3) is 0 Å². The van der Waals surface area contributed by atoms with Gasteiger partial charge in [-0.1, -0.05) is 24.3 Å². The van der Waals surface area contributed by atoms with Gasteiger partial charge in [-0.2, -0.15) is 0 Å². The Morgan fingerprint density at radius 1 is 1.16 bits per heavy atom. The molecular weight excluding hydrogens is 475 g/mol. The lowest BCUT2D eigenvalue weighted by Crippen LogP contribution is -2.57. The summed E-state index contributed by atoms with van der Waals surface area (Å²) in [5.74, 6) is -1.78. The third kappa shape index (κ3) is 6.42. The second-order valence-electron chi connectivity index (χ2n) is 10.2. The average molecular weight is 513 g/mol. The van der Waals surface area contributed by atoms with Crippen LogP contribution >= 0.6 is 0 Å². The first-order valence-electron chi connectivity index (χ1n) is 13.1. The van der Waals surface area contributed by atoms with Crippen molar-refractivity contribution < 1.29 is 28.2 Å². The molecule has 1 unspecified atom stereocenters. The number of halogens is 1. The molecule has 0 radical (unpaired) electrons. The second kappa shape index (κ2) is 11.5. The number of cyclic esters (lactones) is 1. The zero-order valence-corrected chi connectivity index (χ0v) is 22.1. The van der Waals surface area contributed by atoms with Crippen LogP contribution in [0.4, 0.5) is 10.1 Å². The third-order valence-electron chi connectivity index (χ3n) is 6.99. The highest BCUT2D eigenvalue weighted by atomic mass is 19.1. The first-order valence-corrected chi connectivity index (χ1v) is 13.1. The number of ether oxygens (including phenoxy) is 3. The molecule has 0 aromatic heterocycles. The number of amides is 1. The summed E-state index contributed by atoms with van der Waals surface area (Å²) >= 11 is 0. The average Bonchev–Trinajstić information content (AvgIpc) is 3.14. The highest BCUT2D eigenvalue weighted by Crippen LogP contribution is 2.33. The molecule has 2 aromatic carbocycles. The van der Waals surface area contributed by atoms with Gasteiger partial charge in [0, 0.05) is 39.5 Å². The van der Waals surface area contributed by atoms with Crippen molar-refractivity contribution in [1.82, 2.24) is 4.90 Å². The number of carbonyl (C=O) groups is 2. The Kier molecular flexibility index (Phi) is 8.37. The van der Waals surface area contributed by atoms with Crippen molar-refractivity contribution in [3.63, 3.8) is 0 Å². The fraction of sp³-hybridized carbons (Fsp3) is 0.517. The number of nitrogens with zero attached hydrogens (tertiary/aromatic N) is 2. The summed E-state index contributed by atoms with van der Waals surface area (Å²) in [6.07, 6.45) is 1.02. The fourth-order valence-electron chi connectivity index (χ4n) is 5.20. The van der Waals surface area contributed by atoms with Crippen LogP contribution < -0.4 is 9.64 Å². The highest BCUT2D eigenvalue weighted by Gasteiger charge is 2.49. The van der Waals surface area contributed by atoms with Crippen molar-refractivity contribution in [1.29, 1.82) is 0 Å². The molecule has 3 atom stereocenters. The topological polar surface area (TPSA) is 68.3 Å². The first kappa shape index (κ1) is 26.9. The van der Waals surface area contributed by atoms with Gasteiger partial charge >= 0.3 is 5.97 Å². The van der Waals surface area contributed by atoms with Gasteiger partial charge < -0.3 is 24.0 Å². The Labute approximate surface area is 218 Å². The lowest BCUT2D eigenvalue weighted by molar-refractivity contribution is -0.163. The van der Waals surface area contributed by atoms with Gasteiger partial charge in [-0.05, 0) is 62.9 Å². The molecule has 0 N–H and O–H groups in total. The highest BCUT2D eigenvalue weighted by molar-refractivity contribution is 5.88. The van der Waals surface area contributed by atoms with E-state index in [0.717, 1.165) is 17.7 Å². The van der Waals surface area contributed by atoms with Gasteiger partial charge in [0.25, 0.3) is 0 Å². The van der Waals surface area contributed by atoms with Crippen molar-refractivity contribution >= 4 is 17.6 Å². The van der Waals surface area contributed by atoms with Crippen LogP contribution in [0.5, 0.6) is 5.75 Å². The van der Waals surface area contributed by atoms with Gasteiger partial charge in [0.05, 0.1) is 18.2 Å². The molecule has 7 nitrogen and oxygen atoms in total. The van der Waals surface area contributed by atoms with Crippen molar-refractivity contribution in [2.75, 3.05) is 31.1 Å². The number of rotatable bonds is 9. The predicted octanol–water partition coefficient (Wildman–Crippen LogP) is 4.58. The number of esters is 1. The molecular formula is C29H37FN2O5. The van der Waals surface area contributed by atoms with Crippen molar-refractivity contribution in [3.8, 4) is 5.75 Å². The number of anilines is 1. The molecule has 200 valence electrons. The predicted molar refractivity (Wildman–Crippen MR) is 139 cm³/mol. The van der Waals surface area contributed by atoms with Crippen LogP contribution in [-0.4, -0.2) is 61.0 Å². The maximum absolute atomic E-state index is 14.3. The maximum atomic E-state index is 14.3. The molecule has 8 heteroatoms. The van der Waals surface area contributed by atoms with E-state index in [-0.39, 0.29) is 17.8 Å². The number of aryl methyl sites for hydroxylation is 1. The van der Waals surface area contributed by atoms with E-state index in [9.17, 15) is 14.0 Å². The number of hydrogen-bond acceptors (Lipinski definition) is 6. The summed E-state index contributed by atoms with van der Waals surface area (Å²) < 4.78 is 31.2. The van der Waals surface area contributed by atoms with Crippen LogP contribution in [0.1, 0.15) is 46.1 Å². The molecule has 1 amide bonds. The van der Waals surface area contributed by atoms with Crippen molar-refractivity contribution in [3.05, 3.63) is 59.9 Å². The zero-order valence-electron chi connectivity index (χ0n) is 22.1. The van der Waals surface area contributed by atoms with Gasteiger partial charge in [-0.25, -0.2) is 9.18 Å². The monoisotopic (exact) mass is 512 g/mol. The van der Waals surface area contributed by atoms with Gasteiger partial charge in [0.15, 0.2) is 6.10 Å². The Morgan fingerprint density at radius 3 is 2.51 bits per heavy atom. The van der Waals surface area contributed by atoms with E-state index < -0.39 is 23.8 Å². The summed E-state index contributed by atoms with van der Waals surface area (Å²) in [4.78, 5) is 30.3. The first-order chi connectivity index (χ1) is 17.7. The quantitative estimate of drug-likeness (QED) is 0.458. The Morgan fingerprint density at radius 2 is 1.89 bits per heavy atom. The Bertz CT molecular complexity index is 1090. The van der Waals surface area contributed by atoms with E-state index in [1.165, 1.54) is 6.07 Å². The summed E-state index contributed by atoms with van der Waals surface area (Å²) in [6.45, 7) is 9.34. The van der Waals surface area contributed by atoms with E-state index in [1.807, 2.05) is 49.1 Å². The molecule has 2 aromatic rings. The number of hydrogen-bond donors (Lipinski definition) is 0. The van der Waals surface area contributed by atoms with Gasteiger partial charge in [-0.3, -0.25) is 4.79 Å². The minimum atomic E-state index is -1.06. The molecule has 37 heavy (non-hydrogen) atoms. The molecule has 2 aliphatic rings. The number of benzene rings is 2. The van der Waals surface area contributed by atoms with Gasteiger partial charge in [-0.15, -0.1) is 0 Å². The fourth-order valence-corrected chi connectivity index (χ4v) is 5.20. The maximum Gasteiger partial charge on any atom is 0.338 e. The second-order valence-corrected chi connectivity index (χ2v) is 10.2. The standard InChI is InChI=1S/C29H37FN2O5/c1-5-35-22-15-13-21(14-16-22)9-8-10-23(26-28(34)37-29(3,4)36-26)27(33)32-18-17-31(19-20(32)2)25-12-7-6-11-24(25)30/h6-7,11-16,20,23,26H,5,8-10,17-19H2,1-4H3/t20-,23+,26?/m1/s1. The number of para-hydroxylation sites is 1. The van der Waals surface area contributed by atoms with E-state index in [0.29, 0.717) is 44.8 Å². The van der Waals surface area contributed by atoms with Crippen LogP contribution in [0.15, 0.2) is 48.5 Å². The molecule has 2 aliphatic heterocycles. The summed E-state index contributed by atoms with van der Waals surface area (Å²) in [6, 6.07) is 14.5. The van der Waals surface area contributed by atoms with E-state index in [2.05, 4.69) is 0 Å². The van der Waals surface area contributed by atoms with Gasteiger partial charge in [0.1, 0.15) is 11.6 Å². The molecule has 2 heterocycles. The van der Waals surface area contributed by atoms with Crippen LogP contribution in [0.3, 0.4) is 0 Å². The lowest BCUT2D eigenvalue weighted by Gasteiger charge is -2.42.